The van der Waals surface area contributed by atoms with Crippen LogP contribution >= 0.6 is 0 Å². The van der Waals surface area contributed by atoms with Crippen molar-refractivity contribution in [3.05, 3.63) is 83.9 Å². The Kier molecular flexibility index (Phi) is 6.40. The number of hydrogen-bond donors (Lipinski definition) is 0. The SMILES string of the molecule is C[C@H]1[C@H](c2ccccc2)[N+](C)=C(N(/C=C(\[O-])OC(C)(C)C)Cc2ccccc2)N1C. The first-order chi connectivity index (χ1) is 14.2. The van der Waals surface area contributed by atoms with Gasteiger partial charge in [-0.1, -0.05) is 81.4 Å². The Morgan fingerprint density at radius 1 is 1.10 bits per heavy atom. The van der Waals surface area contributed by atoms with Crippen molar-refractivity contribution in [1.82, 2.24) is 9.80 Å². The molecule has 1 heterocycles. The summed E-state index contributed by atoms with van der Waals surface area (Å²) in [5, 5.41) is 12.7. The molecule has 1 aliphatic heterocycles. The summed E-state index contributed by atoms with van der Waals surface area (Å²) in [5.41, 5.74) is 1.85. The van der Waals surface area contributed by atoms with E-state index in [-0.39, 0.29) is 18.0 Å². The largest absolute Gasteiger partial charge is 0.606 e. The van der Waals surface area contributed by atoms with Gasteiger partial charge in [0.1, 0.15) is 12.1 Å². The molecule has 2 atom stereocenters. The van der Waals surface area contributed by atoms with Crippen molar-refractivity contribution in [2.75, 3.05) is 14.1 Å². The topological polar surface area (TPSA) is 41.8 Å². The second-order valence-electron chi connectivity index (χ2n) is 8.89. The highest BCUT2D eigenvalue weighted by atomic mass is 16.6. The van der Waals surface area contributed by atoms with E-state index in [0.717, 1.165) is 11.5 Å². The van der Waals surface area contributed by atoms with Crippen LogP contribution in [0.2, 0.25) is 0 Å². The summed E-state index contributed by atoms with van der Waals surface area (Å²) in [4.78, 5) is 4.24. The monoisotopic (exact) mass is 407 g/mol. The van der Waals surface area contributed by atoms with Gasteiger partial charge in [0.25, 0.3) is 0 Å². The van der Waals surface area contributed by atoms with Crippen LogP contribution in [-0.2, 0) is 11.3 Å². The average Bonchev–Trinajstić information content (AvgIpc) is 2.90. The number of likely N-dealkylation sites (N-methyl/N-ethyl adjacent to an activating group) is 2. The molecule has 30 heavy (non-hydrogen) atoms. The average molecular weight is 408 g/mol. The van der Waals surface area contributed by atoms with Crippen molar-refractivity contribution in [2.45, 2.75) is 51.9 Å². The van der Waals surface area contributed by atoms with Gasteiger partial charge in [-0.3, -0.25) is 9.48 Å². The molecule has 5 heteroatoms. The Morgan fingerprint density at radius 2 is 1.67 bits per heavy atom. The van der Waals surface area contributed by atoms with E-state index in [4.69, 9.17) is 4.74 Å². The molecule has 2 aromatic rings. The zero-order chi connectivity index (χ0) is 21.9. The summed E-state index contributed by atoms with van der Waals surface area (Å²) in [6.07, 6.45) is 1.58. The number of hydrogen-bond acceptors (Lipinski definition) is 4. The molecule has 2 aromatic carbocycles. The van der Waals surface area contributed by atoms with Gasteiger partial charge in [-0.15, -0.1) is 0 Å². The van der Waals surface area contributed by atoms with E-state index in [1.54, 1.807) is 6.20 Å². The summed E-state index contributed by atoms with van der Waals surface area (Å²) in [6.45, 7) is 8.45. The number of nitrogens with zero attached hydrogens (tertiary/aromatic N) is 3. The van der Waals surface area contributed by atoms with Crippen molar-refractivity contribution < 1.29 is 14.4 Å². The molecule has 1 aliphatic rings. The summed E-state index contributed by atoms with van der Waals surface area (Å²) < 4.78 is 7.84. The minimum atomic E-state index is -0.538. The van der Waals surface area contributed by atoms with E-state index in [1.165, 1.54) is 5.56 Å². The predicted octanol–water partition coefficient (Wildman–Crippen LogP) is 3.54. The van der Waals surface area contributed by atoms with Crippen LogP contribution in [-0.4, -0.2) is 46.1 Å². The van der Waals surface area contributed by atoms with Crippen molar-refractivity contribution in [3.63, 3.8) is 0 Å². The fourth-order valence-corrected chi connectivity index (χ4v) is 4.06. The van der Waals surface area contributed by atoms with Crippen molar-refractivity contribution in [3.8, 4) is 0 Å². The van der Waals surface area contributed by atoms with Gasteiger partial charge in [-0.25, -0.2) is 4.90 Å². The molecule has 0 N–H and O–H groups in total. The van der Waals surface area contributed by atoms with Crippen molar-refractivity contribution in [1.29, 1.82) is 0 Å². The van der Waals surface area contributed by atoms with E-state index in [1.807, 2.05) is 49.9 Å². The summed E-state index contributed by atoms with van der Waals surface area (Å²) in [7, 11) is 4.17. The van der Waals surface area contributed by atoms with E-state index in [0.29, 0.717) is 6.54 Å². The maximum Gasteiger partial charge on any atom is 0.355 e. The molecule has 0 fully saturated rings. The second-order valence-corrected chi connectivity index (χ2v) is 8.89. The first-order valence-corrected chi connectivity index (χ1v) is 10.4. The molecule has 0 aromatic heterocycles. The fourth-order valence-electron chi connectivity index (χ4n) is 4.06. The van der Waals surface area contributed by atoms with Crippen LogP contribution in [0.15, 0.2) is 72.8 Å². The van der Waals surface area contributed by atoms with Gasteiger partial charge in [0, 0.05) is 5.60 Å². The molecule has 0 amide bonds. The lowest BCUT2D eigenvalue weighted by Crippen LogP contribution is -2.42. The molecule has 160 valence electrons. The highest BCUT2D eigenvalue weighted by molar-refractivity contribution is 5.78. The standard InChI is InChI=1S/C25H33N3O2/c1-19-23(21-15-11-8-12-16-21)27(6)24(26(19)5)28(17-20-13-9-7-10-14-20)18-22(29)30-25(2,3)4/h7-16,18-19,23H,17H2,1-6H3/b22-18+/t19-,23+/m0/s1. The van der Waals surface area contributed by atoms with E-state index < -0.39 is 5.60 Å². The quantitative estimate of drug-likeness (QED) is 0.562. The minimum absolute atomic E-state index is 0.191. The van der Waals surface area contributed by atoms with Crippen molar-refractivity contribution in [2.24, 2.45) is 0 Å². The van der Waals surface area contributed by atoms with Gasteiger partial charge in [-0.05, 0) is 18.1 Å². The summed E-state index contributed by atoms with van der Waals surface area (Å²) in [6, 6.07) is 21.1. The number of ether oxygens (including phenoxy) is 1. The van der Waals surface area contributed by atoms with Gasteiger partial charge < -0.3 is 9.84 Å². The van der Waals surface area contributed by atoms with Gasteiger partial charge in [0.05, 0.1) is 32.8 Å². The summed E-state index contributed by atoms with van der Waals surface area (Å²) in [5.74, 6) is 0.634. The molecular formula is C25H33N3O2. The highest BCUT2D eigenvalue weighted by Gasteiger charge is 2.43. The molecule has 0 bridgehead atoms. The number of benzene rings is 2. The summed E-state index contributed by atoms with van der Waals surface area (Å²) >= 11 is 0. The van der Waals surface area contributed by atoms with Crippen LogP contribution in [0.5, 0.6) is 0 Å². The zero-order valence-corrected chi connectivity index (χ0v) is 18.9. The minimum Gasteiger partial charge on any atom is -0.606 e. The van der Waals surface area contributed by atoms with E-state index >= 15 is 0 Å². The molecule has 5 nitrogen and oxygen atoms in total. The third-order valence-corrected chi connectivity index (χ3v) is 5.38. The Balaban J connectivity index is 2.02. The van der Waals surface area contributed by atoms with Gasteiger partial charge >= 0.3 is 5.96 Å². The van der Waals surface area contributed by atoms with Crippen LogP contribution in [0.3, 0.4) is 0 Å². The lowest BCUT2D eigenvalue weighted by molar-refractivity contribution is -0.541. The van der Waals surface area contributed by atoms with Crippen LogP contribution in [0, 0.1) is 0 Å². The normalized spacial score (nSPS) is 19.9. The second kappa shape index (κ2) is 8.82. The molecular weight excluding hydrogens is 374 g/mol. The molecule has 0 spiro atoms. The predicted molar refractivity (Wildman–Crippen MR) is 119 cm³/mol. The third-order valence-electron chi connectivity index (χ3n) is 5.38. The van der Waals surface area contributed by atoms with Crippen molar-refractivity contribution >= 4 is 5.96 Å². The lowest BCUT2D eigenvalue weighted by atomic mass is 10.0. The number of rotatable bonds is 5. The molecule has 0 radical (unpaired) electrons. The Bertz CT molecular complexity index is 901. The van der Waals surface area contributed by atoms with E-state index in [2.05, 4.69) is 66.9 Å². The Labute approximate surface area is 180 Å². The van der Waals surface area contributed by atoms with Crippen LogP contribution < -0.4 is 5.11 Å². The molecule has 0 aliphatic carbocycles. The third kappa shape index (κ3) is 4.96. The van der Waals surface area contributed by atoms with Crippen LogP contribution in [0.1, 0.15) is 44.9 Å². The van der Waals surface area contributed by atoms with Gasteiger partial charge in [0.2, 0.25) is 0 Å². The van der Waals surface area contributed by atoms with E-state index in [9.17, 15) is 5.11 Å². The molecule has 3 rings (SSSR count). The Morgan fingerprint density at radius 3 is 2.23 bits per heavy atom. The van der Waals surface area contributed by atoms with Crippen LogP contribution in [0.25, 0.3) is 0 Å². The smallest absolute Gasteiger partial charge is 0.355 e. The molecule has 0 saturated carbocycles. The maximum atomic E-state index is 12.7. The maximum absolute atomic E-state index is 12.7. The first-order valence-electron chi connectivity index (χ1n) is 10.4. The lowest BCUT2D eigenvalue weighted by Gasteiger charge is -2.31. The molecule has 0 saturated heterocycles. The number of guanidine groups is 1. The first kappa shape index (κ1) is 21.8. The van der Waals surface area contributed by atoms with Gasteiger partial charge in [-0.2, -0.15) is 0 Å². The zero-order valence-electron chi connectivity index (χ0n) is 18.9. The highest BCUT2D eigenvalue weighted by Crippen LogP contribution is 2.30. The fraction of sp³-hybridized carbons (Fsp3) is 0.400. The Hall–Kier alpha value is -2.95. The van der Waals surface area contributed by atoms with Crippen LogP contribution in [0.4, 0.5) is 0 Å². The van der Waals surface area contributed by atoms with Gasteiger partial charge in [0.15, 0.2) is 0 Å². The molecule has 0 unspecified atom stereocenters.